The molecule has 2 saturated heterocycles. The molecule has 1 saturated carbocycles. The highest BCUT2D eigenvalue weighted by atomic mass is 16.6. The van der Waals surface area contributed by atoms with Crippen LogP contribution in [0.2, 0.25) is 0 Å². The average molecular weight is 200 g/mol. The highest BCUT2D eigenvalue weighted by Gasteiger charge is 2.43. The first-order valence-corrected chi connectivity index (χ1v) is 6.06. The Morgan fingerprint density at radius 1 is 1.29 bits per heavy atom. The molecule has 2 heterocycles. The lowest BCUT2D eigenvalue weighted by Crippen LogP contribution is -2.12. The van der Waals surface area contributed by atoms with E-state index in [0.29, 0.717) is 18.3 Å². The smallest absolute Gasteiger partial charge is 0.0844 e. The second-order valence-corrected chi connectivity index (χ2v) is 4.82. The molecule has 2 nitrogen and oxygen atoms in total. The molecule has 0 spiro atoms. The number of hydrogen-bond donors (Lipinski definition) is 0. The second-order valence-electron chi connectivity index (χ2n) is 4.82. The summed E-state index contributed by atoms with van der Waals surface area (Å²) >= 11 is 0. The van der Waals surface area contributed by atoms with Crippen LogP contribution in [0.5, 0.6) is 0 Å². The molecule has 4 unspecified atom stereocenters. The van der Waals surface area contributed by atoms with Crippen LogP contribution in [0, 0.1) is 5.92 Å². The molecule has 0 aromatic carbocycles. The molecule has 3 rings (SSSR count). The highest BCUT2D eigenvalue weighted by Crippen LogP contribution is 2.40. The van der Waals surface area contributed by atoms with Crippen molar-refractivity contribution in [3.63, 3.8) is 0 Å². The van der Waals surface area contributed by atoms with Crippen molar-refractivity contribution in [2.75, 3.05) is 6.61 Å². The van der Waals surface area contributed by atoms with Crippen LogP contribution in [0.15, 0.2) is 0 Å². The predicted molar refractivity (Wildman–Crippen MR) is 58.4 cm³/mol. The Labute approximate surface area is 88.5 Å². The van der Waals surface area contributed by atoms with Gasteiger partial charge in [0.05, 0.1) is 24.9 Å². The van der Waals surface area contributed by atoms with Gasteiger partial charge in [-0.25, -0.2) is 0 Å². The Morgan fingerprint density at radius 2 is 2.00 bits per heavy atom. The first kappa shape index (κ1) is 10.4. The summed E-state index contributed by atoms with van der Waals surface area (Å²) < 4.78 is 10.2. The molecule has 0 N–H and O–H groups in total. The first-order chi connectivity index (χ1) is 6.79. The fourth-order valence-electron chi connectivity index (χ4n) is 2.25. The van der Waals surface area contributed by atoms with Gasteiger partial charge in [0.25, 0.3) is 0 Å². The minimum absolute atomic E-state index is 0. The van der Waals surface area contributed by atoms with Crippen LogP contribution in [0.25, 0.3) is 0 Å². The van der Waals surface area contributed by atoms with E-state index in [0.717, 1.165) is 12.5 Å². The monoisotopic (exact) mass is 200 g/mol. The van der Waals surface area contributed by atoms with E-state index in [1.54, 1.807) is 0 Å². The molecular weight excluding hydrogens is 176 g/mol. The topological polar surface area (TPSA) is 25.1 Å². The third-order valence-corrected chi connectivity index (χ3v) is 3.31. The molecule has 0 amide bonds. The predicted octanol–water partition coefficient (Wildman–Crippen LogP) is 3.01. The van der Waals surface area contributed by atoms with E-state index in [1.807, 2.05) is 0 Å². The van der Waals surface area contributed by atoms with Gasteiger partial charge in [0.2, 0.25) is 0 Å². The van der Waals surface area contributed by atoms with Crippen LogP contribution in [-0.2, 0) is 9.47 Å². The number of fused-ring (bicyclic) bond motifs is 1. The summed E-state index contributed by atoms with van der Waals surface area (Å²) in [5.74, 6) is 0.994. The van der Waals surface area contributed by atoms with Crippen molar-refractivity contribution < 1.29 is 10.9 Å². The molecule has 4 atom stereocenters. The Hall–Kier alpha value is -0.0800. The molecule has 3 aliphatic rings. The van der Waals surface area contributed by atoms with Crippen LogP contribution in [0.1, 0.15) is 47.4 Å². The molecule has 1 aliphatic carbocycles. The fourth-order valence-corrected chi connectivity index (χ4v) is 2.25. The summed E-state index contributed by atoms with van der Waals surface area (Å²) in [7, 11) is 0. The minimum atomic E-state index is 0. The van der Waals surface area contributed by atoms with E-state index in [2.05, 4.69) is 13.8 Å². The van der Waals surface area contributed by atoms with Crippen LogP contribution >= 0.6 is 0 Å². The molecule has 84 valence electrons. The van der Waals surface area contributed by atoms with Crippen LogP contribution < -0.4 is 0 Å². The number of rotatable bonds is 2. The van der Waals surface area contributed by atoms with E-state index in [1.165, 1.54) is 32.1 Å². The zero-order valence-corrected chi connectivity index (χ0v) is 9.37. The van der Waals surface area contributed by atoms with Gasteiger partial charge in [-0.05, 0) is 32.1 Å². The third kappa shape index (κ3) is 3.25. The molecular formula is C12H24O2. The molecule has 0 aromatic rings. The maximum Gasteiger partial charge on any atom is 0.0844 e. The fraction of sp³-hybridized carbons (Fsp3) is 1.00. The van der Waals surface area contributed by atoms with E-state index >= 15 is 0 Å². The Balaban J connectivity index is 0.000000192. The Kier molecular flexibility index (Phi) is 3.45. The zero-order valence-electron chi connectivity index (χ0n) is 9.37. The van der Waals surface area contributed by atoms with Gasteiger partial charge >= 0.3 is 0 Å². The maximum absolute atomic E-state index is 5.45. The quantitative estimate of drug-likeness (QED) is 0.640. The van der Waals surface area contributed by atoms with Crippen molar-refractivity contribution in [1.82, 2.24) is 0 Å². The van der Waals surface area contributed by atoms with E-state index < -0.39 is 0 Å². The van der Waals surface area contributed by atoms with E-state index in [4.69, 9.17) is 9.47 Å². The molecule has 14 heavy (non-hydrogen) atoms. The highest BCUT2D eigenvalue weighted by molar-refractivity contribution is 4.91. The number of hydrogen-bond acceptors (Lipinski definition) is 2. The summed E-state index contributed by atoms with van der Waals surface area (Å²) in [6, 6.07) is 0. The summed E-state index contributed by atoms with van der Waals surface area (Å²) in [5.41, 5.74) is 0. The lowest BCUT2D eigenvalue weighted by molar-refractivity contribution is 0.350. The molecule has 0 bridgehead atoms. The van der Waals surface area contributed by atoms with Crippen molar-refractivity contribution in [2.24, 2.45) is 5.92 Å². The van der Waals surface area contributed by atoms with Gasteiger partial charge in [0.15, 0.2) is 0 Å². The molecule has 0 radical (unpaired) electrons. The van der Waals surface area contributed by atoms with Gasteiger partial charge in [-0.3, -0.25) is 0 Å². The van der Waals surface area contributed by atoms with Gasteiger partial charge in [-0.1, -0.05) is 19.8 Å². The lowest BCUT2D eigenvalue weighted by atomic mass is 9.86. The summed E-state index contributed by atoms with van der Waals surface area (Å²) in [4.78, 5) is 0. The van der Waals surface area contributed by atoms with Gasteiger partial charge in [0, 0.05) is 1.43 Å². The molecule has 2 heteroatoms. The molecule has 0 aromatic heterocycles. The van der Waals surface area contributed by atoms with Gasteiger partial charge < -0.3 is 9.47 Å². The van der Waals surface area contributed by atoms with Crippen molar-refractivity contribution in [3.8, 4) is 0 Å². The largest absolute Gasteiger partial charge is 0.373 e. The summed E-state index contributed by atoms with van der Waals surface area (Å²) in [6.45, 7) is 5.32. The first-order valence-electron chi connectivity index (χ1n) is 6.06. The standard InChI is InChI=1S/C9H16O.C3H6O.H2/c1-2-3-7-4-5-8-9(6-7)10-8;1-3-2-4-3;/h7-9H,2-6H2,1H3;3H,2H2,1H3;1H. The SMILES string of the molecule is CC1CO1.CCCC1CCC2OC2C1.[HH]. The van der Waals surface area contributed by atoms with Crippen molar-refractivity contribution in [1.29, 1.82) is 0 Å². The zero-order chi connectivity index (χ0) is 9.97. The normalized spacial score (nSPS) is 43.3. The van der Waals surface area contributed by atoms with Crippen LogP contribution in [0.3, 0.4) is 0 Å². The Bertz CT molecular complexity index is 182. The van der Waals surface area contributed by atoms with Crippen molar-refractivity contribution >= 4 is 0 Å². The van der Waals surface area contributed by atoms with Crippen LogP contribution in [-0.4, -0.2) is 24.9 Å². The number of ether oxygens (including phenoxy) is 2. The second kappa shape index (κ2) is 4.63. The van der Waals surface area contributed by atoms with Crippen molar-refractivity contribution in [3.05, 3.63) is 0 Å². The minimum Gasteiger partial charge on any atom is -0.373 e. The van der Waals surface area contributed by atoms with Crippen LogP contribution in [0.4, 0.5) is 0 Å². The lowest BCUT2D eigenvalue weighted by Gasteiger charge is -2.17. The van der Waals surface area contributed by atoms with Crippen molar-refractivity contribution in [2.45, 2.75) is 64.3 Å². The summed E-state index contributed by atoms with van der Waals surface area (Å²) in [6.07, 6.45) is 8.86. The third-order valence-electron chi connectivity index (χ3n) is 3.31. The van der Waals surface area contributed by atoms with E-state index in [-0.39, 0.29) is 1.43 Å². The van der Waals surface area contributed by atoms with Gasteiger partial charge in [-0.15, -0.1) is 0 Å². The Morgan fingerprint density at radius 3 is 2.50 bits per heavy atom. The van der Waals surface area contributed by atoms with Gasteiger partial charge in [0.1, 0.15) is 0 Å². The number of epoxide rings is 2. The summed E-state index contributed by atoms with van der Waals surface area (Å²) in [5, 5.41) is 0. The maximum atomic E-state index is 5.45. The van der Waals surface area contributed by atoms with E-state index in [9.17, 15) is 0 Å². The van der Waals surface area contributed by atoms with Gasteiger partial charge in [-0.2, -0.15) is 0 Å². The average Bonchev–Trinajstić information content (AvgIpc) is 3.02. The molecule has 3 fully saturated rings. The molecule has 2 aliphatic heterocycles.